The maximum absolute atomic E-state index is 5.61. The maximum Gasteiger partial charge on any atom is 0.136 e. The number of aromatic nitrogens is 2. The molecule has 0 aliphatic rings. The number of nitrogens with zero attached hydrogens (tertiary/aromatic N) is 5. The number of benzene rings is 2. The Balaban J connectivity index is 0.00000650. The second-order valence-electron chi connectivity index (χ2n) is 11.5. The van der Waals surface area contributed by atoms with E-state index >= 15 is 0 Å². The lowest BCUT2D eigenvalue weighted by Gasteiger charge is -2.23. The van der Waals surface area contributed by atoms with Crippen LogP contribution >= 0.6 is 35.9 Å². The van der Waals surface area contributed by atoms with Crippen molar-refractivity contribution in [3.05, 3.63) is 60.9 Å². The van der Waals surface area contributed by atoms with Crippen molar-refractivity contribution in [2.24, 2.45) is 0 Å². The molecule has 0 saturated heterocycles. The quantitative estimate of drug-likeness (QED) is 0.0937. The zero-order valence-electron chi connectivity index (χ0n) is 30.1. The first kappa shape index (κ1) is 39.9. The summed E-state index contributed by atoms with van der Waals surface area (Å²) < 4.78 is 22.4. The fourth-order valence-electron chi connectivity index (χ4n) is 5.55. The Kier molecular flexibility index (Phi) is 16.0. The fraction of sp³-hybridized carbons (Fsp3) is 0.405. The zero-order chi connectivity index (χ0) is 34.6. The van der Waals surface area contributed by atoms with Crippen LogP contribution in [-0.2, 0) is 0 Å². The summed E-state index contributed by atoms with van der Waals surface area (Å²) in [5.74, 6) is 3.16. The van der Waals surface area contributed by atoms with Crippen LogP contribution in [0.4, 0.5) is 11.4 Å². The van der Waals surface area contributed by atoms with Crippen LogP contribution in [0.25, 0.3) is 22.5 Å². The maximum atomic E-state index is 5.61. The lowest BCUT2D eigenvalue weighted by molar-refractivity contribution is 0.327. The van der Waals surface area contributed by atoms with Gasteiger partial charge in [0, 0.05) is 38.3 Å². The van der Waals surface area contributed by atoms with Crippen LogP contribution in [0.3, 0.4) is 0 Å². The average Bonchev–Trinajstić information content (AvgIpc) is 3.13. The van der Waals surface area contributed by atoms with Crippen molar-refractivity contribution in [2.45, 2.75) is 22.6 Å². The number of hydrogen-bond donors (Lipinski definition) is 0. The lowest BCUT2D eigenvalue weighted by Crippen LogP contribution is -2.28. The second kappa shape index (κ2) is 19.6. The molecular weight excluding hydrogens is 678 g/mol. The number of methoxy groups -OCH3 is 4. The summed E-state index contributed by atoms with van der Waals surface area (Å²) >= 11 is 3.21. The van der Waals surface area contributed by atoms with Gasteiger partial charge in [-0.25, -0.2) is 0 Å². The van der Waals surface area contributed by atoms with Crippen molar-refractivity contribution in [3.8, 4) is 45.5 Å². The molecule has 2 aromatic carbocycles. The minimum Gasteiger partial charge on any atom is -0.495 e. The molecule has 0 atom stereocenters. The van der Waals surface area contributed by atoms with Gasteiger partial charge < -0.3 is 33.6 Å². The molecule has 0 saturated carbocycles. The number of thioether (sulfide) groups is 2. The number of anilines is 2. The van der Waals surface area contributed by atoms with Gasteiger partial charge in [0.15, 0.2) is 0 Å². The van der Waals surface area contributed by atoms with Crippen molar-refractivity contribution < 1.29 is 18.9 Å². The van der Waals surface area contributed by atoms with Crippen LogP contribution < -0.4 is 28.7 Å². The molecular formula is C37H50ClN5O4S2. The Hall–Kier alpha value is -3.51. The summed E-state index contributed by atoms with van der Waals surface area (Å²) in [5.41, 5.74) is 5.89. The first-order valence-corrected chi connectivity index (χ1v) is 18.3. The number of halogens is 1. The Bertz CT molecular complexity index is 1440. The molecule has 4 rings (SSSR count). The summed E-state index contributed by atoms with van der Waals surface area (Å²) in [6, 6.07) is 16.4. The van der Waals surface area contributed by atoms with E-state index in [1.54, 1.807) is 52.0 Å². The van der Waals surface area contributed by atoms with E-state index in [1.807, 2.05) is 49.2 Å². The zero-order valence-corrected chi connectivity index (χ0v) is 32.6. The number of ether oxygens (including phenoxy) is 4. The minimum absolute atomic E-state index is 0. The highest BCUT2D eigenvalue weighted by atomic mass is 35.5. The Labute approximate surface area is 307 Å². The first-order valence-electron chi connectivity index (χ1n) is 15.9. The van der Waals surface area contributed by atoms with Gasteiger partial charge in [0.1, 0.15) is 23.0 Å². The van der Waals surface area contributed by atoms with E-state index in [2.05, 4.69) is 60.1 Å². The largest absolute Gasteiger partial charge is 0.495 e. The molecule has 266 valence electrons. The van der Waals surface area contributed by atoms with Crippen molar-refractivity contribution in [3.63, 3.8) is 0 Å². The van der Waals surface area contributed by atoms with E-state index in [0.717, 1.165) is 106 Å². The van der Waals surface area contributed by atoms with Crippen LogP contribution in [-0.4, -0.2) is 103 Å². The predicted octanol–water partition coefficient (Wildman–Crippen LogP) is 8.00. The van der Waals surface area contributed by atoms with Gasteiger partial charge in [-0.05, 0) is 94.0 Å². The van der Waals surface area contributed by atoms with E-state index in [-0.39, 0.29) is 12.4 Å². The molecule has 2 heterocycles. The van der Waals surface area contributed by atoms with E-state index in [9.17, 15) is 0 Å². The van der Waals surface area contributed by atoms with Crippen molar-refractivity contribution >= 4 is 47.3 Å². The van der Waals surface area contributed by atoms with E-state index in [0.29, 0.717) is 0 Å². The van der Waals surface area contributed by atoms with Crippen molar-refractivity contribution in [1.29, 1.82) is 0 Å². The normalized spacial score (nSPS) is 10.8. The minimum atomic E-state index is 0. The molecule has 0 unspecified atom stereocenters. The topological polar surface area (TPSA) is 72.4 Å². The molecule has 0 spiro atoms. The van der Waals surface area contributed by atoms with Gasteiger partial charge in [-0.1, -0.05) is 0 Å². The summed E-state index contributed by atoms with van der Waals surface area (Å²) in [6.45, 7) is 3.95. The summed E-state index contributed by atoms with van der Waals surface area (Å²) in [6.07, 6.45) is 10.0. The molecule has 0 amide bonds. The fourth-order valence-corrected chi connectivity index (χ4v) is 6.92. The van der Waals surface area contributed by atoms with Crippen LogP contribution in [0, 0.1) is 0 Å². The summed E-state index contributed by atoms with van der Waals surface area (Å²) in [5, 5.41) is 0. The van der Waals surface area contributed by atoms with Gasteiger partial charge in [-0.2, -0.15) is 0 Å². The Morgan fingerprint density at radius 2 is 0.898 bits per heavy atom. The van der Waals surface area contributed by atoms with Gasteiger partial charge in [0.2, 0.25) is 0 Å². The molecule has 49 heavy (non-hydrogen) atoms. The smallest absolute Gasteiger partial charge is 0.136 e. The SMILES string of the molecule is COc1cc(-c2ccc(N(C)CCCN(C)CCCN(C)c3ccc(-c4cc(OC)c(SC)c(OC)c4)nc3)cn2)cc(OC)c1SC.Cl. The van der Waals surface area contributed by atoms with Gasteiger partial charge in [-0.15, -0.1) is 35.9 Å². The molecule has 2 aromatic heterocycles. The first-order chi connectivity index (χ1) is 23.3. The van der Waals surface area contributed by atoms with Crippen LogP contribution in [0.2, 0.25) is 0 Å². The van der Waals surface area contributed by atoms with Gasteiger partial charge in [0.25, 0.3) is 0 Å². The van der Waals surface area contributed by atoms with E-state index in [1.165, 1.54) is 0 Å². The molecule has 0 fully saturated rings. The Morgan fingerprint density at radius 3 is 1.16 bits per heavy atom. The molecule has 0 aliphatic carbocycles. The highest BCUT2D eigenvalue weighted by Crippen LogP contribution is 2.41. The molecule has 12 heteroatoms. The van der Waals surface area contributed by atoms with Crippen molar-refractivity contribution in [2.75, 3.05) is 98.1 Å². The van der Waals surface area contributed by atoms with Crippen LogP contribution in [0.15, 0.2) is 70.7 Å². The number of rotatable bonds is 18. The van der Waals surface area contributed by atoms with Gasteiger partial charge in [-0.3, -0.25) is 9.97 Å². The third kappa shape index (κ3) is 10.3. The standard InChI is InChI=1S/C37H49N5O4S2.ClH/c1-40(16-10-18-41(2)28-12-14-30(38-24-28)26-20-32(43-4)36(47-8)33(21-26)44-5)17-11-19-42(3)29-13-15-31(39-25-29)27-22-34(45-6)37(48-9)35(23-27)46-7;/h12-15,20-25H,10-11,16-19H2,1-9H3;1H. The lowest BCUT2D eigenvalue weighted by atomic mass is 10.1. The van der Waals surface area contributed by atoms with Crippen molar-refractivity contribution in [1.82, 2.24) is 14.9 Å². The molecule has 4 aromatic rings. The van der Waals surface area contributed by atoms with Crippen LogP contribution in [0.1, 0.15) is 12.8 Å². The molecule has 0 aliphatic heterocycles. The number of hydrogen-bond acceptors (Lipinski definition) is 11. The molecule has 0 radical (unpaired) electrons. The van der Waals surface area contributed by atoms with Gasteiger partial charge in [0.05, 0.1) is 73.4 Å². The third-order valence-corrected chi connectivity index (χ3v) is 9.99. The van der Waals surface area contributed by atoms with Crippen LogP contribution in [0.5, 0.6) is 23.0 Å². The average molecular weight is 728 g/mol. The highest BCUT2D eigenvalue weighted by molar-refractivity contribution is 7.99. The molecule has 0 N–H and O–H groups in total. The highest BCUT2D eigenvalue weighted by Gasteiger charge is 2.15. The van der Waals surface area contributed by atoms with E-state index in [4.69, 9.17) is 28.9 Å². The summed E-state index contributed by atoms with van der Waals surface area (Å²) in [7, 11) is 13.2. The number of pyridine rings is 2. The monoisotopic (exact) mass is 727 g/mol. The third-order valence-electron chi connectivity index (χ3n) is 8.36. The summed E-state index contributed by atoms with van der Waals surface area (Å²) in [4.78, 5) is 18.4. The molecule has 9 nitrogen and oxygen atoms in total. The predicted molar refractivity (Wildman–Crippen MR) is 210 cm³/mol. The Morgan fingerprint density at radius 1 is 0.551 bits per heavy atom. The van der Waals surface area contributed by atoms with E-state index < -0.39 is 0 Å². The second-order valence-corrected chi connectivity index (χ2v) is 13.1. The van der Waals surface area contributed by atoms with Gasteiger partial charge >= 0.3 is 0 Å². The molecule has 0 bridgehead atoms.